The van der Waals surface area contributed by atoms with E-state index in [1.54, 1.807) is 0 Å². The quantitative estimate of drug-likeness (QED) is 0.660. The van der Waals surface area contributed by atoms with Gasteiger partial charge in [-0.2, -0.15) is 0 Å². The number of carboxylic acid groups (broad SMARTS) is 1. The van der Waals surface area contributed by atoms with Crippen molar-refractivity contribution < 1.29 is 47.2 Å². The van der Waals surface area contributed by atoms with Gasteiger partial charge in [0.05, 0.1) is 0 Å². The largest absolute Gasteiger partial charge is 0.480 e. The van der Waals surface area contributed by atoms with Crippen molar-refractivity contribution in [2.24, 2.45) is 5.73 Å². The Morgan fingerprint density at radius 2 is 2.00 bits per heavy atom. The molecule has 3 N–H and O–H groups in total. The normalized spacial score (nSPS) is 11.7. The second kappa shape index (κ2) is 4.83. The van der Waals surface area contributed by atoms with Crippen molar-refractivity contribution in [2.75, 3.05) is 0 Å². The van der Waals surface area contributed by atoms with Crippen LogP contribution in [-0.4, -0.2) is 17.1 Å². The predicted octanol–water partition coefficient (Wildman–Crippen LogP) is -0.582. The summed E-state index contributed by atoms with van der Waals surface area (Å²) in [7, 11) is 0. The summed E-state index contributed by atoms with van der Waals surface area (Å²) in [5, 5.41) is 7.87. The third-order valence-electron chi connectivity index (χ3n) is 0.390. The number of hydrogen-bond donors (Lipinski definition) is 2. The first-order valence-corrected chi connectivity index (χ1v) is 1.63. The minimum Gasteiger partial charge on any atom is -0.480 e. The number of nitrogens with two attached hydrogens (primary N) is 1. The van der Waals surface area contributed by atoms with E-state index in [4.69, 9.17) is 10.8 Å². The summed E-state index contributed by atoms with van der Waals surface area (Å²) in [6, 6.07) is -0.731. The van der Waals surface area contributed by atoms with Crippen LogP contribution in [-0.2, 0) is 4.79 Å². The van der Waals surface area contributed by atoms with E-state index >= 15 is 0 Å². The van der Waals surface area contributed by atoms with Crippen molar-refractivity contribution in [1.29, 1.82) is 0 Å². The molecule has 0 saturated heterocycles. The van der Waals surface area contributed by atoms with Gasteiger partial charge in [-0.1, -0.05) is 0 Å². The molecule has 0 aromatic rings. The molecular weight excluding hydrogens is 249 g/mol. The Labute approximate surface area is 71.5 Å². The van der Waals surface area contributed by atoms with E-state index in [2.05, 4.69) is 0 Å². The van der Waals surface area contributed by atoms with E-state index in [-0.39, 0.29) is 37.3 Å². The molecule has 0 aromatic carbocycles. The van der Waals surface area contributed by atoms with Crippen molar-refractivity contribution in [3.63, 3.8) is 0 Å². The molecule has 0 amide bonds. The third kappa shape index (κ3) is 6.68. The molecule has 0 heterocycles. The van der Waals surface area contributed by atoms with Crippen molar-refractivity contribution in [2.45, 2.75) is 13.0 Å². The maximum Gasteiger partial charge on any atom is 0.320 e. The van der Waals surface area contributed by atoms with Gasteiger partial charge in [-0.15, -0.1) is 0 Å². The Hall–Kier alpha value is 0.677. The fourth-order valence-corrected chi connectivity index (χ4v) is 0. The van der Waals surface area contributed by atoms with Gasteiger partial charge in [0, 0.05) is 37.3 Å². The number of carboxylic acids is 1. The van der Waals surface area contributed by atoms with Gasteiger partial charge in [-0.05, 0) is 6.92 Å². The zero-order valence-corrected chi connectivity index (χ0v) is 5.65. The van der Waals surface area contributed by atoms with Crippen molar-refractivity contribution in [3.8, 4) is 0 Å². The monoisotopic (exact) mass is 255 g/mol. The van der Waals surface area contributed by atoms with Crippen LogP contribution in [0.25, 0.3) is 0 Å². The standard InChI is InChI=1S/C3H7NO2.Er/c1-2(4)3(5)6;/h2H,4H2,1H3,(H,5,6);. The van der Waals surface area contributed by atoms with E-state index in [0.717, 1.165) is 0 Å². The smallest absolute Gasteiger partial charge is 0.320 e. The Bertz CT molecular complexity index is 64.0. The molecule has 0 aliphatic rings. The summed E-state index contributed by atoms with van der Waals surface area (Å²) in [5.74, 6) is -0.963. The average Bonchev–Trinajstić information content (AvgIpc) is 1.36. The van der Waals surface area contributed by atoms with Gasteiger partial charge in [0.15, 0.2) is 0 Å². The zero-order valence-electron chi connectivity index (χ0n) is 3.80. The fourth-order valence-electron chi connectivity index (χ4n) is 0. The minimum absolute atomic E-state index is 0. The molecule has 1 atom stereocenters. The summed E-state index contributed by atoms with van der Waals surface area (Å²) < 4.78 is 0. The topological polar surface area (TPSA) is 63.3 Å². The zero-order chi connectivity index (χ0) is 5.15. The second-order valence-corrected chi connectivity index (χ2v) is 1.13. The maximum absolute atomic E-state index is 9.57. The van der Waals surface area contributed by atoms with Crippen LogP contribution in [0.15, 0.2) is 0 Å². The van der Waals surface area contributed by atoms with Crippen LogP contribution in [0.4, 0.5) is 0 Å². The molecule has 0 aliphatic carbocycles. The van der Waals surface area contributed by atoms with Gasteiger partial charge < -0.3 is 10.8 Å². The Balaban J connectivity index is 0. The van der Waals surface area contributed by atoms with E-state index in [9.17, 15) is 4.79 Å². The molecule has 0 spiro atoms. The van der Waals surface area contributed by atoms with E-state index in [1.807, 2.05) is 0 Å². The van der Waals surface area contributed by atoms with Crippen molar-refractivity contribution in [1.82, 2.24) is 0 Å². The van der Waals surface area contributed by atoms with E-state index in [1.165, 1.54) is 6.92 Å². The van der Waals surface area contributed by atoms with Gasteiger partial charge in [0.25, 0.3) is 0 Å². The molecule has 0 radical (unpaired) electrons. The first-order chi connectivity index (χ1) is 2.64. The molecule has 0 fully saturated rings. The van der Waals surface area contributed by atoms with Crippen molar-refractivity contribution >= 4 is 5.97 Å². The van der Waals surface area contributed by atoms with Gasteiger partial charge in [0.2, 0.25) is 0 Å². The molecule has 0 aromatic heterocycles. The Morgan fingerprint density at radius 1 is 1.86 bits per heavy atom. The maximum atomic E-state index is 9.57. The average molecular weight is 256 g/mol. The Kier molecular flexibility index (Phi) is 7.32. The predicted molar refractivity (Wildman–Crippen MR) is 21.3 cm³/mol. The van der Waals surface area contributed by atoms with Gasteiger partial charge in [-0.25, -0.2) is 0 Å². The first-order valence-electron chi connectivity index (χ1n) is 1.63. The van der Waals surface area contributed by atoms with Crippen LogP contribution in [0.3, 0.4) is 0 Å². The fraction of sp³-hybridized carbons (Fsp3) is 0.667. The minimum atomic E-state index is -0.963. The van der Waals surface area contributed by atoms with Crippen LogP contribution >= 0.6 is 0 Å². The molecule has 48 valence electrons. The van der Waals surface area contributed by atoms with Gasteiger partial charge in [-0.3, -0.25) is 4.79 Å². The van der Waals surface area contributed by atoms with E-state index < -0.39 is 12.0 Å². The molecule has 0 bridgehead atoms. The van der Waals surface area contributed by atoms with Crippen LogP contribution < -0.4 is 5.73 Å². The number of rotatable bonds is 1. The molecule has 0 saturated carbocycles. The van der Waals surface area contributed by atoms with Crippen LogP contribution in [0.5, 0.6) is 0 Å². The first kappa shape index (κ1) is 10.6. The van der Waals surface area contributed by atoms with Gasteiger partial charge in [0.1, 0.15) is 6.04 Å². The summed E-state index contributed by atoms with van der Waals surface area (Å²) in [5.41, 5.74) is 4.84. The number of hydrogen-bond acceptors (Lipinski definition) is 2. The molecule has 0 aliphatic heterocycles. The second-order valence-electron chi connectivity index (χ2n) is 1.13. The summed E-state index contributed by atoms with van der Waals surface area (Å²) in [4.78, 5) is 9.57. The van der Waals surface area contributed by atoms with Gasteiger partial charge >= 0.3 is 5.97 Å². The summed E-state index contributed by atoms with van der Waals surface area (Å²) >= 11 is 0. The summed E-state index contributed by atoms with van der Waals surface area (Å²) in [6.07, 6.45) is 0. The molecule has 4 heteroatoms. The van der Waals surface area contributed by atoms with Crippen molar-refractivity contribution in [3.05, 3.63) is 0 Å². The van der Waals surface area contributed by atoms with Crippen LogP contribution in [0.1, 0.15) is 6.92 Å². The SMILES string of the molecule is CC(N)C(=O)O.[Er]. The molecule has 7 heavy (non-hydrogen) atoms. The van der Waals surface area contributed by atoms with Crippen LogP contribution in [0, 0.1) is 37.3 Å². The molecular formula is C3H7ErNO2. The molecule has 1 unspecified atom stereocenters. The molecule has 0 rings (SSSR count). The third-order valence-corrected chi connectivity index (χ3v) is 0.390. The van der Waals surface area contributed by atoms with E-state index in [0.29, 0.717) is 0 Å². The summed E-state index contributed by atoms with van der Waals surface area (Å²) in [6.45, 7) is 1.42. The Morgan fingerprint density at radius 3 is 2.00 bits per heavy atom. The number of aliphatic carboxylic acids is 1. The van der Waals surface area contributed by atoms with Crippen LogP contribution in [0.2, 0.25) is 0 Å². The molecule has 3 nitrogen and oxygen atoms in total. The number of carbonyl (C=O) groups is 1.